The Morgan fingerprint density at radius 2 is 0.902 bits per heavy atom. The van der Waals surface area contributed by atoms with Crippen molar-refractivity contribution in [2.75, 3.05) is 0 Å². The van der Waals surface area contributed by atoms with Gasteiger partial charge in [0.1, 0.15) is 22.8 Å². The lowest BCUT2D eigenvalue weighted by Crippen LogP contribution is -2.01. The van der Waals surface area contributed by atoms with Crippen LogP contribution in [0, 0.1) is 11.3 Å². The summed E-state index contributed by atoms with van der Waals surface area (Å²) in [5.74, 6) is 0.582. The largest absolute Gasteiger partial charge is 0.455 e. The van der Waals surface area contributed by atoms with Gasteiger partial charge in [-0.25, -0.2) is 9.97 Å². The minimum atomic E-state index is 0.453. The summed E-state index contributed by atoms with van der Waals surface area (Å²) >= 11 is 0. The lowest BCUT2D eigenvalue weighted by atomic mass is 9.94. The molecule has 0 aliphatic carbocycles. The van der Waals surface area contributed by atoms with Crippen molar-refractivity contribution in [2.45, 2.75) is 0 Å². The third-order valence-electron chi connectivity index (χ3n) is 9.37. The van der Waals surface area contributed by atoms with Gasteiger partial charge < -0.3 is 4.42 Å². The molecule has 9 aromatic rings. The van der Waals surface area contributed by atoms with Crippen molar-refractivity contribution >= 4 is 21.9 Å². The van der Waals surface area contributed by atoms with E-state index in [1.54, 1.807) is 0 Å². The third-order valence-corrected chi connectivity index (χ3v) is 9.37. The minimum absolute atomic E-state index is 0.453. The second kappa shape index (κ2) is 12.7. The van der Waals surface area contributed by atoms with Crippen molar-refractivity contribution in [1.82, 2.24) is 9.97 Å². The van der Waals surface area contributed by atoms with Crippen LogP contribution in [0.15, 0.2) is 180 Å². The Balaban J connectivity index is 1.08. The van der Waals surface area contributed by atoms with Crippen LogP contribution in [0.5, 0.6) is 0 Å². The highest BCUT2D eigenvalue weighted by atomic mass is 16.3. The second-order valence-corrected chi connectivity index (χ2v) is 12.5. The van der Waals surface area contributed by atoms with Gasteiger partial charge in [-0.3, -0.25) is 0 Å². The zero-order chi connectivity index (χ0) is 34.1. The molecule has 51 heavy (non-hydrogen) atoms. The van der Waals surface area contributed by atoms with E-state index in [1.165, 1.54) is 0 Å². The van der Waals surface area contributed by atoms with Crippen LogP contribution in [0.3, 0.4) is 0 Å². The van der Waals surface area contributed by atoms with Crippen LogP contribution in [0.2, 0.25) is 0 Å². The van der Waals surface area contributed by atoms with E-state index in [9.17, 15) is 5.26 Å². The summed E-state index contributed by atoms with van der Waals surface area (Å²) < 4.78 is 6.35. The summed E-state index contributed by atoms with van der Waals surface area (Å²) in [4.78, 5) is 9.84. The van der Waals surface area contributed by atoms with E-state index in [4.69, 9.17) is 14.4 Å². The summed E-state index contributed by atoms with van der Waals surface area (Å²) in [7, 11) is 0. The lowest BCUT2D eigenvalue weighted by Gasteiger charge is -2.13. The first-order valence-corrected chi connectivity index (χ1v) is 16.9. The number of furan rings is 1. The molecule has 2 heterocycles. The van der Waals surface area contributed by atoms with E-state index in [0.29, 0.717) is 22.8 Å². The first kappa shape index (κ1) is 30.0. The van der Waals surface area contributed by atoms with Gasteiger partial charge in [0.05, 0.1) is 11.4 Å². The van der Waals surface area contributed by atoms with Crippen LogP contribution < -0.4 is 0 Å². The topological polar surface area (TPSA) is 62.7 Å². The molecule has 2 aromatic heterocycles. The minimum Gasteiger partial charge on any atom is -0.455 e. The molecule has 0 saturated heterocycles. The van der Waals surface area contributed by atoms with Gasteiger partial charge in [-0.15, -0.1) is 0 Å². The average molecular weight is 652 g/mol. The molecule has 0 spiro atoms. The molecule has 4 heteroatoms. The van der Waals surface area contributed by atoms with Crippen molar-refractivity contribution in [1.29, 1.82) is 5.26 Å². The van der Waals surface area contributed by atoms with Gasteiger partial charge >= 0.3 is 0 Å². The second-order valence-electron chi connectivity index (χ2n) is 12.5. The fourth-order valence-electron chi connectivity index (χ4n) is 6.84. The van der Waals surface area contributed by atoms with Crippen molar-refractivity contribution in [2.24, 2.45) is 0 Å². The molecule has 238 valence electrons. The first-order chi connectivity index (χ1) is 25.2. The number of rotatable bonds is 6. The van der Waals surface area contributed by atoms with Crippen molar-refractivity contribution in [3.63, 3.8) is 0 Å². The molecule has 0 bridgehead atoms. The van der Waals surface area contributed by atoms with Crippen LogP contribution in [-0.2, 0) is 0 Å². The molecule has 4 nitrogen and oxygen atoms in total. The Morgan fingerprint density at radius 3 is 1.59 bits per heavy atom. The molecule has 7 aromatic carbocycles. The number of hydrogen-bond donors (Lipinski definition) is 0. The normalized spacial score (nSPS) is 11.1. The van der Waals surface area contributed by atoms with E-state index >= 15 is 0 Å². The van der Waals surface area contributed by atoms with Gasteiger partial charge in [0.25, 0.3) is 0 Å². The number of para-hydroxylation sites is 2. The summed E-state index contributed by atoms with van der Waals surface area (Å²) in [6.07, 6.45) is 0. The van der Waals surface area contributed by atoms with Crippen LogP contribution in [0.1, 0.15) is 5.56 Å². The fourth-order valence-corrected chi connectivity index (χ4v) is 6.84. The van der Waals surface area contributed by atoms with Gasteiger partial charge in [0, 0.05) is 33.0 Å². The number of benzene rings is 7. The highest BCUT2D eigenvalue weighted by molar-refractivity contribution is 6.09. The molecule has 0 atom stereocenters. The van der Waals surface area contributed by atoms with E-state index in [1.807, 2.05) is 91.0 Å². The Kier molecular flexibility index (Phi) is 7.50. The molecular formula is C47H29N3O. The highest BCUT2D eigenvalue weighted by Crippen LogP contribution is 2.38. The van der Waals surface area contributed by atoms with Gasteiger partial charge in [-0.2, -0.15) is 5.26 Å². The SMILES string of the molecule is N#Cc1c(-c2ccccc2)nc(-c2ccccc2)nc1-c1ccc(-c2cccc(-c3cccc(-c4cccc5c4oc4ccccc45)c3)c2)cc1. The lowest BCUT2D eigenvalue weighted by molar-refractivity contribution is 0.670. The monoisotopic (exact) mass is 651 g/mol. The van der Waals surface area contributed by atoms with Gasteiger partial charge in [-0.05, 0) is 46.0 Å². The smallest absolute Gasteiger partial charge is 0.160 e. The molecule has 0 N–H and O–H groups in total. The zero-order valence-electron chi connectivity index (χ0n) is 27.5. The van der Waals surface area contributed by atoms with Crippen LogP contribution >= 0.6 is 0 Å². The standard InChI is InChI=1S/C47H29N3O/c48-30-42-44(32-12-3-1-4-13-32)49-47(34-14-5-2-6-15-34)50-45(42)33-26-24-31(25-27-33)35-16-9-17-36(28-35)37-18-10-19-38(29-37)39-21-11-22-41-40-20-7-8-23-43(40)51-46(39)41/h1-29H. The molecule has 0 aliphatic rings. The van der Waals surface area contributed by atoms with Crippen LogP contribution in [-0.4, -0.2) is 9.97 Å². The van der Waals surface area contributed by atoms with Crippen molar-refractivity contribution < 1.29 is 4.42 Å². The maximum atomic E-state index is 10.4. The Labute approximate surface area is 295 Å². The van der Waals surface area contributed by atoms with Crippen molar-refractivity contribution in [3.05, 3.63) is 181 Å². The highest BCUT2D eigenvalue weighted by Gasteiger charge is 2.19. The molecule has 0 saturated carbocycles. The number of hydrogen-bond acceptors (Lipinski definition) is 4. The average Bonchev–Trinajstić information content (AvgIpc) is 3.60. The molecule has 9 rings (SSSR count). The number of nitriles is 1. The maximum absolute atomic E-state index is 10.4. The summed E-state index contributed by atoms with van der Waals surface area (Å²) in [5.41, 5.74) is 12.7. The predicted molar refractivity (Wildman–Crippen MR) is 207 cm³/mol. The van der Waals surface area contributed by atoms with Crippen molar-refractivity contribution in [3.8, 4) is 73.4 Å². The number of fused-ring (bicyclic) bond motifs is 3. The fraction of sp³-hybridized carbons (Fsp3) is 0. The maximum Gasteiger partial charge on any atom is 0.160 e. The van der Waals surface area contributed by atoms with Crippen LogP contribution in [0.4, 0.5) is 0 Å². The molecule has 0 aliphatic heterocycles. The molecule has 0 fully saturated rings. The Hall–Kier alpha value is -7.09. The number of nitrogens with zero attached hydrogens (tertiary/aromatic N) is 3. The predicted octanol–water partition coefficient (Wildman–Crippen LogP) is 12.2. The first-order valence-electron chi connectivity index (χ1n) is 16.9. The van der Waals surface area contributed by atoms with Gasteiger partial charge in [-0.1, -0.05) is 158 Å². The van der Waals surface area contributed by atoms with Gasteiger partial charge in [0.15, 0.2) is 5.82 Å². The van der Waals surface area contributed by atoms with E-state index in [0.717, 1.165) is 72.0 Å². The quantitative estimate of drug-likeness (QED) is 0.179. The number of aromatic nitrogens is 2. The summed E-state index contributed by atoms with van der Waals surface area (Å²) in [6, 6.07) is 62.2. The van der Waals surface area contributed by atoms with Crippen LogP contribution in [0.25, 0.3) is 89.2 Å². The van der Waals surface area contributed by atoms with E-state index in [2.05, 4.69) is 91.0 Å². The zero-order valence-corrected chi connectivity index (χ0v) is 27.5. The van der Waals surface area contributed by atoms with E-state index < -0.39 is 0 Å². The Morgan fingerprint density at radius 1 is 0.412 bits per heavy atom. The summed E-state index contributed by atoms with van der Waals surface area (Å²) in [6.45, 7) is 0. The molecular weight excluding hydrogens is 623 g/mol. The molecule has 0 radical (unpaired) electrons. The molecule has 0 unspecified atom stereocenters. The van der Waals surface area contributed by atoms with E-state index in [-0.39, 0.29) is 0 Å². The van der Waals surface area contributed by atoms with Gasteiger partial charge in [0.2, 0.25) is 0 Å². The summed E-state index contributed by atoms with van der Waals surface area (Å²) in [5, 5.41) is 12.6. The Bertz CT molecular complexity index is 2740. The third kappa shape index (κ3) is 5.53. The molecule has 0 amide bonds.